The number of aliphatic hydroxyl groups is 1. The maximum absolute atomic E-state index is 12.1. The van der Waals surface area contributed by atoms with E-state index < -0.39 is 18.8 Å². The smallest absolute Gasteiger partial charge is 0.382 e. The highest BCUT2D eigenvalue weighted by Gasteiger charge is 2.37. The van der Waals surface area contributed by atoms with Crippen LogP contribution in [0.25, 0.3) is 0 Å². The van der Waals surface area contributed by atoms with Crippen molar-refractivity contribution in [3.8, 4) is 0 Å². The molecule has 0 saturated carbocycles. The predicted molar refractivity (Wildman–Crippen MR) is 66.9 cm³/mol. The van der Waals surface area contributed by atoms with E-state index in [1.165, 1.54) is 0 Å². The van der Waals surface area contributed by atoms with E-state index in [0.717, 1.165) is 5.56 Å². The number of alkyl halides is 3. The molecule has 0 radical (unpaired) electrons. The van der Waals surface area contributed by atoms with Gasteiger partial charge in [0.15, 0.2) is 6.10 Å². The van der Waals surface area contributed by atoms with Gasteiger partial charge in [0, 0.05) is 12.2 Å². The second-order valence-electron chi connectivity index (χ2n) is 4.50. The summed E-state index contributed by atoms with van der Waals surface area (Å²) in [4.78, 5) is 0. The van der Waals surface area contributed by atoms with E-state index in [2.05, 4.69) is 5.32 Å². The molecule has 0 fully saturated rings. The van der Waals surface area contributed by atoms with Crippen molar-refractivity contribution in [1.29, 1.82) is 0 Å². The van der Waals surface area contributed by atoms with Crippen LogP contribution in [0.3, 0.4) is 0 Å². The summed E-state index contributed by atoms with van der Waals surface area (Å²) >= 11 is 0. The molecule has 0 amide bonds. The molecule has 3 nitrogen and oxygen atoms in total. The van der Waals surface area contributed by atoms with Crippen LogP contribution in [-0.2, 0) is 11.3 Å². The fourth-order valence-electron chi connectivity index (χ4n) is 1.36. The summed E-state index contributed by atoms with van der Waals surface area (Å²) in [5.74, 6) is 0. The molecule has 0 aromatic heterocycles. The Morgan fingerprint density at radius 2 is 2.00 bits per heavy atom. The third kappa shape index (κ3) is 5.94. The van der Waals surface area contributed by atoms with Gasteiger partial charge in [0.1, 0.15) is 0 Å². The first-order valence-corrected chi connectivity index (χ1v) is 5.98. The van der Waals surface area contributed by atoms with Crippen molar-refractivity contribution >= 4 is 5.69 Å². The Labute approximate surface area is 110 Å². The van der Waals surface area contributed by atoms with Crippen molar-refractivity contribution in [2.24, 2.45) is 0 Å². The highest BCUT2D eigenvalue weighted by molar-refractivity contribution is 5.45. The second kappa shape index (κ2) is 6.77. The Morgan fingerprint density at radius 3 is 2.58 bits per heavy atom. The third-order valence-corrected chi connectivity index (χ3v) is 2.39. The molecule has 0 saturated heterocycles. The molecule has 6 heteroatoms. The molecule has 108 valence electrons. The Bertz CT molecular complexity index is 394. The van der Waals surface area contributed by atoms with Crippen molar-refractivity contribution in [1.82, 2.24) is 0 Å². The van der Waals surface area contributed by atoms with Gasteiger partial charge < -0.3 is 15.2 Å². The third-order valence-electron chi connectivity index (χ3n) is 2.39. The maximum atomic E-state index is 12.1. The highest BCUT2D eigenvalue weighted by atomic mass is 19.4. The van der Waals surface area contributed by atoms with Gasteiger partial charge in [-0.25, -0.2) is 0 Å². The number of anilines is 1. The van der Waals surface area contributed by atoms with Crippen molar-refractivity contribution in [2.45, 2.75) is 38.8 Å². The zero-order valence-electron chi connectivity index (χ0n) is 10.9. The van der Waals surface area contributed by atoms with Crippen molar-refractivity contribution < 1.29 is 23.0 Å². The van der Waals surface area contributed by atoms with Gasteiger partial charge in [-0.3, -0.25) is 0 Å². The largest absolute Gasteiger partial charge is 0.416 e. The summed E-state index contributed by atoms with van der Waals surface area (Å²) in [5, 5.41) is 11.4. The summed E-state index contributed by atoms with van der Waals surface area (Å²) in [6.07, 6.45) is -6.89. The van der Waals surface area contributed by atoms with Gasteiger partial charge in [-0.2, -0.15) is 13.2 Å². The number of hydrogen-bond acceptors (Lipinski definition) is 3. The molecule has 0 spiro atoms. The number of halogens is 3. The van der Waals surface area contributed by atoms with E-state index in [-0.39, 0.29) is 6.10 Å². The first-order valence-electron chi connectivity index (χ1n) is 5.98. The van der Waals surface area contributed by atoms with Crippen LogP contribution in [0, 0.1) is 0 Å². The molecule has 1 unspecified atom stereocenters. The highest BCUT2D eigenvalue weighted by Crippen LogP contribution is 2.20. The average Bonchev–Trinajstić information content (AvgIpc) is 2.32. The van der Waals surface area contributed by atoms with E-state index in [9.17, 15) is 13.2 Å². The monoisotopic (exact) mass is 277 g/mol. The van der Waals surface area contributed by atoms with Crippen molar-refractivity contribution in [3.63, 3.8) is 0 Å². The minimum Gasteiger partial charge on any atom is -0.382 e. The average molecular weight is 277 g/mol. The first-order chi connectivity index (χ1) is 8.79. The van der Waals surface area contributed by atoms with Crippen LogP contribution in [0.1, 0.15) is 19.4 Å². The van der Waals surface area contributed by atoms with Crippen LogP contribution >= 0.6 is 0 Å². The quantitative estimate of drug-likeness (QED) is 0.840. The molecule has 0 heterocycles. The number of hydrogen-bond donors (Lipinski definition) is 2. The van der Waals surface area contributed by atoms with Crippen LogP contribution in [0.5, 0.6) is 0 Å². The topological polar surface area (TPSA) is 41.5 Å². The zero-order chi connectivity index (χ0) is 14.5. The molecule has 0 bridgehead atoms. The summed E-state index contributed by atoms with van der Waals surface area (Å²) < 4.78 is 41.8. The van der Waals surface area contributed by atoms with Gasteiger partial charge in [0.05, 0.1) is 12.7 Å². The summed E-state index contributed by atoms with van der Waals surface area (Å²) in [5.41, 5.74) is 1.38. The lowest BCUT2D eigenvalue weighted by atomic mass is 10.2. The molecule has 1 rings (SSSR count). The molecular weight excluding hydrogens is 259 g/mol. The SMILES string of the molecule is CC(C)OCc1cccc(NCC(O)C(F)(F)F)c1. The van der Waals surface area contributed by atoms with Crippen LogP contribution in [0.2, 0.25) is 0 Å². The van der Waals surface area contributed by atoms with E-state index in [1.54, 1.807) is 18.2 Å². The molecule has 0 aliphatic rings. The second-order valence-corrected chi connectivity index (χ2v) is 4.50. The van der Waals surface area contributed by atoms with E-state index in [0.29, 0.717) is 12.3 Å². The molecular formula is C13H18F3NO2. The molecule has 1 aromatic rings. The number of nitrogens with one attached hydrogen (secondary N) is 1. The molecule has 1 atom stereocenters. The van der Waals surface area contributed by atoms with Gasteiger partial charge in [-0.1, -0.05) is 12.1 Å². The summed E-state index contributed by atoms with van der Waals surface area (Å²) in [6, 6.07) is 6.89. The number of benzene rings is 1. The standard InChI is InChI=1S/C13H18F3NO2/c1-9(2)19-8-10-4-3-5-11(6-10)17-7-12(18)13(14,15)16/h3-6,9,12,17-18H,7-8H2,1-2H3. The normalized spacial score (nSPS) is 13.6. The van der Waals surface area contributed by atoms with E-state index in [1.807, 2.05) is 19.9 Å². The van der Waals surface area contributed by atoms with Crippen molar-refractivity contribution in [2.75, 3.05) is 11.9 Å². The predicted octanol–water partition coefficient (Wildman–Crippen LogP) is 2.95. The van der Waals surface area contributed by atoms with Gasteiger partial charge in [0.25, 0.3) is 0 Å². The minimum absolute atomic E-state index is 0.0867. The Balaban J connectivity index is 2.53. The lowest BCUT2D eigenvalue weighted by Gasteiger charge is -2.16. The fraction of sp³-hybridized carbons (Fsp3) is 0.538. The Morgan fingerprint density at radius 1 is 1.32 bits per heavy atom. The van der Waals surface area contributed by atoms with E-state index >= 15 is 0 Å². The number of aliphatic hydroxyl groups excluding tert-OH is 1. The first kappa shape index (κ1) is 15.8. The van der Waals surface area contributed by atoms with Crippen LogP contribution in [-0.4, -0.2) is 30.0 Å². The van der Waals surface area contributed by atoms with Crippen LogP contribution in [0.15, 0.2) is 24.3 Å². The minimum atomic E-state index is -4.61. The van der Waals surface area contributed by atoms with E-state index in [4.69, 9.17) is 9.84 Å². The van der Waals surface area contributed by atoms with Crippen molar-refractivity contribution in [3.05, 3.63) is 29.8 Å². The number of rotatable bonds is 6. The lowest BCUT2D eigenvalue weighted by molar-refractivity contribution is -0.198. The molecule has 19 heavy (non-hydrogen) atoms. The van der Waals surface area contributed by atoms with Gasteiger partial charge in [0.2, 0.25) is 0 Å². The summed E-state index contributed by atoms with van der Waals surface area (Å²) in [7, 11) is 0. The van der Waals surface area contributed by atoms with Gasteiger partial charge >= 0.3 is 6.18 Å². The van der Waals surface area contributed by atoms with Gasteiger partial charge in [-0.05, 0) is 31.5 Å². The lowest BCUT2D eigenvalue weighted by Crippen LogP contribution is -2.35. The molecule has 1 aromatic carbocycles. The fourth-order valence-corrected chi connectivity index (χ4v) is 1.36. The summed E-state index contributed by atoms with van der Waals surface area (Å²) in [6.45, 7) is 3.64. The molecule has 0 aliphatic carbocycles. The zero-order valence-corrected chi connectivity index (χ0v) is 10.9. The van der Waals surface area contributed by atoms with Gasteiger partial charge in [-0.15, -0.1) is 0 Å². The van der Waals surface area contributed by atoms with Crippen LogP contribution < -0.4 is 5.32 Å². The maximum Gasteiger partial charge on any atom is 0.416 e. The van der Waals surface area contributed by atoms with Crippen LogP contribution in [0.4, 0.5) is 18.9 Å². The Kier molecular flexibility index (Phi) is 5.62. The molecule has 0 aliphatic heterocycles. The number of ether oxygens (including phenoxy) is 1. The Hall–Kier alpha value is -1.27. The molecule has 2 N–H and O–H groups in total.